The van der Waals surface area contributed by atoms with E-state index in [4.69, 9.17) is 4.74 Å². The zero-order chi connectivity index (χ0) is 19.6. The standard InChI is InChI=1S/C20H21N3O3S/c1-13-5-10-16-17(11-13)27-20(23(16)12-18(24)26-4)21-19(25)14-6-8-15(9-7-14)22(2)3/h5-11H,12H2,1-4H3. The van der Waals surface area contributed by atoms with Crippen molar-refractivity contribution in [3.05, 3.63) is 58.4 Å². The number of hydrogen-bond donors (Lipinski definition) is 0. The van der Waals surface area contributed by atoms with Crippen LogP contribution < -0.4 is 9.70 Å². The van der Waals surface area contributed by atoms with Crippen molar-refractivity contribution >= 4 is 39.1 Å². The molecule has 0 saturated carbocycles. The van der Waals surface area contributed by atoms with Crippen LogP contribution in [0.25, 0.3) is 10.2 Å². The van der Waals surface area contributed by atoms with E-state index in [9.17, 15) is 9.59 Å². The van der Waals surface area contributed by atoms with E-state index in [0.717, 1.165) is 21.5 Å². The number of carbonyl (C=O) groups is 2. The van der Waals surface area contributed by atoms with Gasteiger partial charge in [-0.1, -0.05) is 17.4 Å². The van der Waals surface area contributed by atoms with E-state index in [0.29, 0.717) is 10.4 Å². The van der Waals surface area contributed by atoms with E-state index < -0.39 is 0 Å². The number of carbonyl (C=O) groups excluding carboxylic acids is 2. The van der Waals surface area contributed by atoms with Crippen molar-refractivity contribution in [3.63, 3.8) is 0 Å². The summed E-state index contributed by atoms with van der Waals surface area (Å²) in [5.74, 6) is -0.735. The molecule has 0 atom stereocenters. The van der Waals surface area contributed by atoms with Crippen molar-refractivity contribution in [2.75, 3.05) is 26.1 Å². The van der Waals surface area contributed by atoms with Crippen LogP contribution in [0.2, 0.25) is 0 Å². The minimum Gasteiger partial charge on any atom is -0.468 e. The Morgan fingerprint density at radius 2 is 1.85 bits per heavy atom. The van der Waals surface area contributed by atoms with Crippen LogP contribution in [0.3, 0.4) is 0 Å². The number of esters is 1. The zero-order valence-corrected chi connectivity index (χ0v) is 16.5. The van der Waals surface area contributed by atoms with Crippen LogP contribution >= 0.6 is 11.3 Å². The summed E-state index contributed by atoms with van der Waals surface area (Å²) in [4.78, 5) is 31.2. The number of anilines is 1. The third kappa shape index (κ3) is 4.09. The van der Waals surface area contributed by atoms with Crippen LogP contribution in [0.5, 0.6) is 0 Å². The molecule has 0 saturated heterocycles. The van der Waals surface area contributed by atoms with Gasteiger partial charge < -0.3 is 14.2 Å². The fourth-order valence-corrected chi connectivity index (χ4v) is 3.79. The monoisotopic (exact) mass is 383 g/mol. The molecule has 0 N–H and O–H groups in total. The maximum atomic E-state index is 12.6. The summed E-state index contributed by atoms with van der Waals surface area (Å²) in [6, 6.07) is 13.2. The molecule has 7 heteroatoms. The van der Waals surface area contributed by atoms with Crippen LogP contribution in [0.4, 0.5) is 5.69 Å². The molecule has 3 aromatic rings. The van der Waals surface area contributed by atoms with Crippen LogP contribution in [0.1, 0.15) is 15.9 Å². The number of benzene rings is 2. The van der Waals surface area contributed by atoms with Crippen molar-refractivity contribution in [1.82, 2.24) is 4.57 Å². The number of rotatable bonds is 4. The van der Waals surface area contributed by atoms with Crippen molar-refractivity contribution < 1.29 is 14.3 Å². The van der Waals surface area contributed by atoms with Gasteiger partial charge in [-0.2, -0.15) is 4.99 Å². The Labute approximate surface area is 161 Å². The Kier molecular flexibility index (Phi) is 5.41. The van der Waals surface area contributed by atoms with Gasteiger partial charge in [0.25, 0.3) is 5.91 Å². The largest absolute Gasteiger partial charge is 0.468 e. The van der Waals surface area contributed by atoms with Gasteiger partial charge in [-0.05, 0) is 48.9 Å². The predicted octanol–water partition coefficient (Wildman–Crippen LogP) is 2.99. The van der Waals surface area contributed by atoms with Gasteiger partial charge in [-0.15, -0.1) is 0 Å². The van der Waals surface area contributed by atoms with Gasteiger partial charge in [0.15, 0.2) is 4.80 Å². The van der Waals surface area contributed by atoms with E-state index in [1.165, 1.54) is 18.4 Å². The molecule has 27 heavy (non-hydrogen) atoms. The number of ether oxygens (including phenoxy) is 1. The highest BCUT2D eigenvalue weighted by molar-refractivity contribution is 7.16. The van der Waals surface area contributed by atoms with Crippen molar-refractivity contribution in [1.29, 1.82) is 0 Å². The lowest BCUT2D eigenvalue weighted by molar-refractivity contribution is -0.141. The molecular formula is C20H21N3O3S. The summed E-state index contributed by atoms with van der Waals surface area (Å²) in [5, 5.41) is 0. The first kappa shape index (κ1) is 18.8. The summed E-state index contributed by atoms with van der Waals surface area (Å²) >= 11 is 1.38. The van der Waals surface area contributed by atoms with Crippen LogP contribution in [-0.2, 0) is 16.1 Å². The zero-order valence-electron chi connectivity index (χ0n) is 15.7. The Morgan fingerprint density at radius 1 is 1.15 bits per heavy atom. The summed E-state index contributed by atoms with van der Waals surface area (Å²) in [7, 11) is 5.22. The molecular weight excluding hydrogens is 362 g/mol. The van der Waals surface area contributed by atoms with E-state index in [1.54, 1.807) is 16.7 Å². The summed E-state index contributed by atoms with van der Waals surface area (Å²) < 4.78 is 7.48. The first-order valence-electron chi connectivity index (χ1n) is 8.42. The van der Waals surface area contributed by atoms with Crippen LogP contribution in [-0.4, -0.2) is 37.6 Å². The highest BCUT2D eigenvalue weighted by atomic mass is 32.1. The highest BCUT2D eigenvalue weighted by Gasteiger charge is 2.13. The molecule has 1 aromatic heterocycles. The molecule has 6 nitrogen and oxygen atoms in total. The highest BCUT2D eigenvalue weighted by Crippen LogP contribution is 2.19. The molecule has 0 radical (unpaired) electrons. The predicted molar refractivity (Wildman–Crippen MR) is 107 cm³/mol. The average Bonchev–Trinajstić information content (AvgIpc) is 2.97. The van der Waals surface area contributed by atoms with Gasteiger partial charge in [-0.25, -0.2) is 0 Å². The van der Waals surface area contributed by atoms with E-state index in [-0.39, 0.29) is 18.4 Å². The smallest absolute Gasteiger partial charge is 0.325 e. The number of hydrogen-bond acceptors (Lipinski definition) is 5. The lowest BCUT2D eigenvalue weighted by atomic mass is 10.2. The third-order valence-corrected chi connectivity index (χ3v) is 5.22. The summed E-state index contributed by atoms with van der Waals surface area (Å²) in [6.45, 7) is 2.00. The Balaban J connectivity index is 2.06. The number of amides is 1. The fourth-order valence-electron chi connectivity index (χ4n) is 2.67. The Hall–Kier alpha value is -2.93. The van der Waals surface area contributed by atoms with Gasteiger partial charge in [-0.3, -0.25) is 9.59 Å². The lowest BCUT2D eigenvalue weighted by Gasteiger charge is -2.11. The number of thiazole rings is 1. The second kappa shape index (κ2) is 7.75. The molecule has 3 rings (SSSR count). The molecule has 0 aliphatic rings. The first-order chi connectivity index (χ1) is 12.9. The SMILES string of the molecule is COC(=O)Cn1c(=NC(=O)c2ccc(N(C)C)cc2)sc2cc(C)ccc21. The second-order valence-electron chi connectivity index (χ2n) is 6.38. The van der Waals surface area contributed by atoms with Gasteiger partial charge in [0, 0.05) is 25.3 Å². The summed E-state index contributed by atoms with van der Waals surface area (Å²) in [6.07, 6.45) is 0. The number of aromatic nitrogens is 1. The maximum Gasteiger partial charge on any atom is 0.325 e. The lowest BCUT2D eigenvalue weighted by Crippen LogP contribution is -2.22. The minimum absolute atomic E-state index is 0.00520. The van der Waals surface area contributed by atoms with Gasteiger partial charge >= 0.3 is 5.97 Å². The van der Waals surface area contributed by atoms with E-state index in [2.05, 4.69) is 4.99 Å². The molecule has 0 aliphatic heterocycles. The maximum absolute atomic E-state index is 12.6. The molecule has 0 unspecified atom stereocenters. The minimum atomic E-state index is -0.389. The van der Waals surface area contributed by atoms with Gasteiger partial charge in [0.2, 0.25) is 0 Å². The van der Waals surface area contributed by atoms with Gasteiger partial charge in [0.05, 0.1) is 17.3 Å². The van der Waals surface area contributed by atoms with E-state index in [1.807, 2.05) is 56.3 Å². The molecule has 0 spiro atoms. The molecule has 1 heterocycles. The van der Waals surface area contributed by atoms with Crippen LogP contribution in [0.15, 0.2) is 47.5 Å². The fraction of sp³-hybridized carbons (Fsp3) is 0.250. The second-order valence-corrected chi connectivity index (χ2v) is 7.39. The Bertz CT molecular complexity index is 1060. The topological polar surface area (TPSA) is 63.9 Å². The number of nitrogens with zero attached hydrogens (tertiary/aromatic N) is 3. The van der Waals surface area contributed by atoms with Crippen LogP contribution in [0, 0.1) is 6.92 Å². The van der Waals surface area contributed by atoms with Gasteiger partial charge in [0.1, 0.15) is 6.54 Å². The van der Waals surface area contributed by atoms with Crippen molar-refractivity contribution in [3.8, 4) is 0 Å². The molecule has 0 aliphatic carbocycles. The number of aryl methyl sites for hydroxylation is 1. The summed E-state index contributed by atoms with van der Waals surface area (Å²) in [5.41, 5.74) is 3.46. The average molecular weight is 383 g/mol. The normalized spacial score (nSPS) is 11.6. The van der Waals surface area contributed by atoms with Crippen molar-refractivity contribution in [2.24, 2.45) is 4.99 Å². The Morgan fingerprint density at radius 3 is 2.48 bits per heavy atom. The molecule has 1 amide bonds. The third-order valence-electron chi connectivity index (χ3n) is 4.18. The number of fused-ring (bicyclic) bond motifs is 1. The molecule has 0 fully saturated rings. The quantitative estimate of drug-likeness (QED) is 0.650. The number of methoxy groups -OCH3 is 1. The molecule has 0 bridgehead atoms. The molecule has 2 aromatic carbocycles. The van der Waals surface area contributed by atoms with E-state index >= 15 is 0 Å². The first-order valence-corrected chi connectivity index (χ1v) is 9.24. The van der Waals surface area contributed by atoms with Crippen molar-refractivity contribution in [2.45, 2.75) is 13.5 Å². The molecule has 140 valence electrons.